The van der Waals surface area contributed by atoms with Gasteiger partial charge in [0.05, 0.1) is 0 Å². The maximum Gasteiger partial charge on any atom is 0.115 e. The molecule has 1 unspecified atom stereocenters. The molecule has 88 valence electrons. The Morgan fingerprint density at radius 3 is 2.50 bits per heavy atom. The number of aromatic hydroxyl groups is 1. The van der Waals surface area contributed by atoms with Crippen molar-refractivity contribution in [2.24, 2.45) is 11.7 Å². The molecule has 0 aliphatic heterocycles. The fourth-order valence-electron chi connectivity index (χ4n) is 2.69. The normalized spacial score (nSPS) is 26.3. The van der Waals surface area contributed by atoms with Gasteiger partial charge in [0.25, 0.3) is 0 Å². The summed E-state index contributed by atoms with van der Waals surface area (Å²) in [6.45, 7) is 0.836. The minimum absolute atomic E-state index is 0.359. The Hall–Kier alpha value is -1.02. The average Bonchev–Trinajstić information content (AvgIpc) is 2.55. The van der Waals surface area contributed by atoms with Gasteiger partial charge >= 0.3 is 0 Å². The maximum absolute atomic E-state index is 9.27. The van der Waals surface area contributed by atoms with Crippen molar-refractivity contribution in [2.45, 2.75) is 38.0 Å². The molecule has 1 aromatic rings. The van der Waals surface area contributed by atoms with Crippen LogP contribution in [0.4, 0.5) is 0 Å². The average molecular weight is 219 g/mol. The van der Waals surface area contributed by atoms with Crippen molar-refractivity contribution in [1.82, 2.24) is 0 Å². The summed E-state index contributed by atoms with van der Waals surface area (Å²) in [6, 6.07) is 7.70. The smallest absolute Gasteiger partial charge is 0.115 e. The molecule has 0 amide bonds. The van der Waals surface area contributed by atoms with Crippen molar-refractivity contribution < 1.29 is 5.11 Å². The first-order valence-electron chi connectivity index (χ1n) is 6.28. The molecule has 1 saturated carbocycles. The van der Waals surface area contributed by atoms with Gasteiger partial charge in [0.2, 0.25) is 0 Å². The zero-order chi connectivity index (χ0) is 11.4. The van der Waals surface area contributed by atoms with Gasteiger partial charge in [-0.2, -0.15) is 0 Å². The molecule has 3 N–H and O–H groups in total. The standard InChI is InChI=1S/C14H21NO/c15-10-11-2-1-3-12(5-4-11)13-6-8-14(16)9-7-13/h6-9,11-12,16H,1-5,10,15H2/t11-,12?/m1/s1. The van der Waals surface area contributed by atoms with E-state index in [1.54, 1.807) is 12.1 Å². The van der Waals surface area contributed by atoms with Gasteiger partial charge in [0.15, 0.2) is 0 Å². The number of hydrogen-bond donors (Lipinski definition) is 2. The van der Waals surface area contributed by atoms with Crippen LogP contribution in [-0.4, -0.2) is 11.7 Å². The molecule has 0 heterocycles. The summed E-state index contributed by atoms with van der Waals surface area (Å²) in [7, 11) is 0. The quantitative estimate of drug-likeness (QED) is 0.751. The van der Waals surface area contributed by atoms with Crippen LogP contribution in [0.2, 0.25) is 0 Å². The number of nitrogens with two attached hydrogens (primary N) is 1. The van der Waals surface area contributed by atoms with Crippen LogP contribution >= 0.6 is 0 Å². The second-order valence-electron chi connectivity index (χ2n) is 4.90. The Morgan fingerprint density at radius 1 is 1.06 bits per heavy atom. The lowest BCUT2D eigenvalue weighted by molar-refractivity contribution is 0.466. The lowest BCUT2D eigenvalue weighted by atomic mass is 9.91. The molecule has 2 rings (SSSR count). The van der Waals surface area contributed by atoms with E-state index < -0.39 is 0 Å². The van der Waals surface area contributed by atoms with Gasteiger partial charge in [0, 0.05) is 0 Å². The minimum Gasteiger partial charge on any atom is -0.508 e. The van der Waals surface area contributed by atoms with Gasteiger partial charge in [-0.05, 0) is 61.8 Å². The monoisotopic (exact) mass is 219 g/mol. The maximum atomic E-state index is 9.27. The third-order valence-electron chi connectivity index (χ3n) is 3.79. The highest BCUT2D eigenvalue weighted by Crippen LogP contribution is 2.34. The summed E-state index contributed by atoms with van der Waals surface area (Å²) < 4.78 is 0. The summed E-state index contributed by atoms with van der Waals surface area (Å²) in [5.74, 6) is 1.75. The first-order chi connectivity index (χ1) is 7.79. The highest BCUT2D eigenvalue weighted by molar-refractivity contribution is 5.28. The van der Waals surface area contributed by atoms with Crippen molar-refractivity contribution in [3.05, 3.63) is 29.8 Å². The zero-order valence-corrected chi connectivity index (χ0v) is 9.73. The summed E-state index contributed by atoms with van der Waals surface area (Å²) >= 11 is 0. The Kier molecular flexibility index (Phi) is 3.83. The Labute approximate surface area is 97.5 Å². The van der Waals surface area contributed by atoms with Gasteiger partial charge in [-0.1, -0.05) is 18.6 Å². The van der Waals surface area contributed by atoms with E-state index in [0.29, 0.717) is 11.7 Å². The minimum atomic E-state index is 0.359. The van der Waals surface area contributed by atoms with E-state index in [0.717, 1.165) is 12.5 Å². The molecule has 0 saturated heterocycles. The molecule has 16 heavy (non-hydrogen) atoms. The highest BCUT2D eigenvalue weighted by atomic mass is 16.3. The summed E-state index contributed by atoms with van der Waals surface area (Å²) in [5.41, 5.74) is 7.11. The summed E-state index contributed by atoms with van der Waals surface area (Å²) in [6.07, 6.45) is 6.33. The van der Waals surface area contributed by atoms with Crippen molar-refractivity contribution in [2.75, 3.05) is 6.54 Å². The van der Waals surface area contributed by atoms with Crippen molar-refractivity contribution in [3.8, 4) is 5.75 Å². The van der Waals surface area contributed by atoms with Crippen LogP contribution in [0.3, 0.4) is 0 Å². The Balaban J connectivity index is 2.02. The van der Waals surface area contributed by atoms with E-state index in [1.807, 2.05) is 0 Å². The topological polar surface area (TPSA) is 46.2 Å². The molecule has 1 aliphatic rings. The van der Waals surface area contributed by atoms with Crippen molar-refractivity contribution in [1.29, 1.82) is 0 Å². The molecule has 2 nitrogen and oxygen atoms in total. The van der Waals surface area contributed by atoms with E-state index in [2.05, 4.69) is 12.1 Å². The highest BCUT2D eigenvalue weighted by Gasteiger charge is 2.19. The van der Waals surface area contributed by atoms with E-state index >= 15 is 0 Å². The molecule has 1 aliphatic carbocycles. The van der Waals surface area contributed by atoms with E-state index in [4.69, 9.17) is 5.73 Å². The van der Waals surface area contributed by atoms with Crippen LogP contribution < -0.4 is 5.73 Å². The molecule has 0 radical (unpaired) electrons. The third kappa shape index (κ3) is 2.76. The fraction of sp³-hybridized carbons (Fsp3) is 0.571. The molecule has 0 aromatic heterocycles. The van der Waals surface area contributed by atoms with Crippen LogP contribution in [0.1, 0.15) is 43.6 Å². The zero-order valence-electron chi connectivity index (χ0n) is 9.73. The molecule has 0 spiro atoms. The lowest BCUT2D eigenvalue weighted by Gasteiger charge is -2.15. The fourth-order valence-corrected chi connectivity index (χ4v) is 2.69. The second-order valence-corrected chi connectivity index (χ2v) is 4.90. The van der Waals surface area contributed by atoms with Gasteiger partial charge in [0.1, 0.15) is 5.75 Å². The molecular formula is C14H21NO. The molecule has 2 heteroatoms. The first-order valence-corrected chi connectivity index (χ1v) is 6.28. The first kappa shape index (κ1) is 11.5. The predicted molar refractivity (Wildman–Crippen MR) is 66.5 cm³/mol. The number of hydrogen-bond acceptors (Lipinski definition) is 2. The summed E-state index contributed by atoms with van der Waals surface area (Å²) in [5, 5.41) is 9.27. The van der Waals surface area contributed by atoms with Crippen LogP contribution in [0.5, 0.6) is 5.75 Å². The Morgan fingerprint density at radius 2 is 1.81 bits per heavy atom. The largest absolute Gasteiger partial charge is 0.508 e. The van der Waals surface area contributed by atoms with Gasteiger partial charge in [-0.25, -0.2) is 0 Å². The molecule has 1 aromatic carbocycles. The van der Waals surface area contributed by atoms with Crippen LogP contribution in [0.15, 0.2) is 24.3 Å². The van der Waals surface area contributed by atoms with Gasteiger partial charge in [-0.15, -0.1) is 0 Å². The number of phenolic OH excluding ortho intramolecular Hbond substituents is 1. The second kappa shape index (κ2) is 5.35. The van der Waals surface area contributed by atoms with E-state index in [9.17, 15) is 5.11 Å². The molecule has 1 fully saturated rings. The molecule has 0 bridgehead atoms. The number of rotatable bonds is 2. The lowest BCUT2D eigenvalue weighted by Crippen LogP contribution is -2.13. The molecular weight excluding hydrogens is 198 g/mol. The van der Waals surface area contributed by atoms with Crippen molar-refractivity contribution >= 4 is 0 Å². The Bertz CT molecular complexity index is 320. The van der Waals surface area contributed by atoms with E-state index in [-0.39, 0.29) is 0 Å². The third-order valence-corrected chi connectivity index (χ3v) is 3.79. The SMILES string of the molecule is NC[C@@H]1CCCC(c2ccc(O)cc2)CC1. The number of phenols is 1. The predicted octanol–water partition coefficient (Wildman–Crippen LogP) is 3.01. The van der Waals surface area contributed by atoms with Gasteiger partial charge in [-0.3, -0.25) is 0 Å². The van der Waals surface area contributed by atoms with Gasteiger partial charge < -0.3 is 10.8 Å². The van der Waals surface area contributed by atoms with E-state index in [1.165, 1.54) is 37.7 Å². The number of benzene rings is 1. The summed E-state index contributed by atoms with van der Waals surface area (Å²) in [4.78, 5) is 0. The molecule has 2 atom stereocenters. The van der Waals surface area contributed by atoms with Crippen molar-refractivity contribution in [3.63, 3.8) is 0 Å². The van der Waals surface area contributed by atoms with Crippen LogP contribution in [0, 0.1) is 5.92 Å². The van der Waals surface area contributed by atoms with Crippen LogP contribution in [0.25, 0.3) is 0 Å². The van der Waals surface area contributed by atoms with Crippen LogP contribution in [-0.2, 0) is 0 Å².